The Balaban J connectivity index is 2.45. The van der Waals surface area contributed by atoms with Crippen molar-refractivity contribution < 1.29 is 18.0 Å². The molecule has 0 aliphatic heterocycles. The third-order valence-corrected chi connectivity index (χ3v) is 3.57. The lowest BCUT2D eigenvalue weighted by Crippen LogP contribution is -2.17. The predicted molar refractivity (Wildman–Crippen MR) is 76.1 cm³/mol. The maximum absolute atomic E-state index is 13.1. The number of aromatic nitrogens is 1. The molecule has 0 saturated heterocycles. The van der Waals surface area contributed by atoms with Crippen molar-refractivity contribution in [3.63, 3.8) is 0 Å². The van der Waals surface area contributed by atoms with E-state index in [1.54, 1.807) is 25.1 Å². The highest BCUT2D eigenvalue weighted by atomic mass is 79.9. The molecule has 0 radical (unpaired) electrons. The fourth-order valence-electron chi connectivity index (χ4n) is 1.97. The van der Waals surface area contributed by atoms with Crippen molar-refractivity contribution in [2.45, 2.75) is 19.0 Å². The second-order valence-electron chi connectivity index (χ2n) is 4.53. The summed E-state index contributed by atoms with van der Waals surface area (Å²) in [5.74, 6) is -1.35. The normalized spacial score (nSPS) is 13.0. The number of hydrogen-bond donors (Lipinski definition) is 0. The van der Waals surface area contributed by atoms with Gasteiger partial charge in [0, 0.05) is 16.2 Å². The van der Waals surface area contributed by atoms with Gasteiger partial charge in [-0.3, -0.25) is 9.78 Å². The quantitative estimate of drug-likeness (QED) is 0.735. The number of carbonyl (C=O) groups is 1. The van der Waals surface area contributed by atoms with Gasteiger partial charge >= 0.3 is 6.18 Å². The van der Waals surface area contributed by atoms with Crippen LogP contribution in [0.4, 0.5) is 13.2 Å². The van der Waals surface area contributed by atoms with Gasteiger partial charge in [-0.25, -0.2) is 0 Å². The van der Waals surface area contributed by atoms with E-state index in [0.717, 1.165) is 6.07 Å². The van der Waals surface area contributed by atoms with Gasteiger partial charge < -0.3 is 0 Å². The molecule has 0 aliphatic carbocycles. The number of nitrogens with zero attached hydrogens (tertiary/aromatic N) is 1. The molecule has 0 saturated carbocycles. The van der Waals surface area contributed by atoms with Crippen molar-refractivity contribution in [1.82, 2.24) is 4.98 Å². The number of Topliss-reactive ketones (excluding diaryl/α,β-unsaturated/α-hetero) is 1. The fraction of sp³-hybridized carbons (Fsp3) is 0.200. The predicted octanol–water partition coefficient (Wildman–Crippen LogP) is 4.85. The minimum atomic E-state index is -4.58. The first-order valence-electron chi connectivity index (χ1n) is 6.12. The Morgan fingerprint density at radius 1 is 1.24 bits per heavy atom. The summed E-state index contributed by atoms with van der Waals surface area (Å²) in [6, 6.07) is 8.52. The average Bonchev–Trinajstić information content (AvgIpc) is 2.45. The molecule has 1 atom stereocenters. The Morgan fingerprint density at radius 2 is 1.95 bits per heavy atom. The van der Waals surface area contributed by atoms with Crippen LogP contribution in [0.25, 0.3) is 0 Å². The van der Waals surface area contributed by atoms with Gasteiger partial charge in [0.05, 0.1) is 17.2 Å². The first-order valence-corrected chi connectivity index (χ1v) is 6.92. The highest BCUT2D eigenvalue weighted by Gasteiger charge is 2.36. The van der Waals surface area contributed by atoms with Gasteiger partial charge in [0.15, 0.2) is 5.78 Å². The molecule has 21 heavy (non-hydrogen) atoms. The number of pyridine rings is 1. The zero-order valence-electron chi connectivity index (χ0n) is 11.0. The Kier molecular flexibility index (Phi) is 4.46. The minimum Gasteiger partial charge on any atom is -0.293 e. The van der Waals surface area contributed by atoms with Gasteiger partial charge in [-0.1, -0.05) is 22.0 Å². The summed E-state index contributed by atoms with van der Waals surface area (Å²) in [5.41, 5.74) is -0.841. The topological polar surface area (TPSA) is 30.0 Å². The smallest absolute Gasteiger partial charge is 0.293 e. The molecule has 110 valence electrons. The van der Waals surface area contributed by atoms with E-state index in [-0.39, 0.29) is 10.0 Å². The van der Waals surface area contributed by atoms with E-state index < -0.39 is 23.4 Å². The van der Waals surface area contributed by atoms with Crippen LogP contribution in [0.3, 0.4) is 0 Å². The summed E-state index contributed by atoms with van der Waals surface area (Å²) in [5, 5.41) is 0. The lowest BCUT2D eigenvalue weighted by Gasteiger charge is -2.15. The first-order chi connectivity index (χ1) is 9.80. The molecule has 2 nitrogen and oxygen atoms in total. The van der Waals surface area contributed by atoms with E-state index in [1.165, 1.54) is 18.3 Å². The number of carbonyl (C=O) groups excluding carboxylic acids is 1. The van der Waals surface area contributed by atoms with Crippen molar-refractivity contribution in [1.29, 1.82) is 0 Å². The fourth-order valence-corrected chi connectivity index (χ4v) is 2.33. The molecule has 0 fully saturated rings. The van der Waals surface area contributed by atoms with Crippen molar-refractivity contribution >= 4 is 21.7 Å². The average molecular weight is 358 g/mol. The summed E-state index contributed by atoms with van der Waals surface area (Å²) in [6.45, 7) is 1.55. The molecule has 0 aliphatic rings. The van der Waals surface area contributed by atoms with Crippen LogP contribution < -0.4 is 0 Å². The number of alkyl halides is 3. The lowest BCUT2D eigenvalue weighted by atomic mass is 9.92. The summed E-state index contributed by atoms with van der Waals surface area (Å²) >= 11 is 3.00. The second kappa shape index (κ2) is 5.97. The molecular formula is C15H11BrF3NO. The summed E-state index contributed by atoms with van der Waals surface area (Å²) < 4.78 is 39.5. The van der Waals surface area contributed by atoms with Crippen molar-refractivity contribution in [2.75, 3.05) is 0 Å². The SMILES string of the molecule is CC(C(=O)c1ccc(Br)cc1C(F)(F)F)c1ccccn1. The number of benzene rings is 1. The summed E-state index contributed by atoms with van der Waals surface area (Å²) in [4.78, 5) is 16.4. The molecule has 6 heteroatoms. The number of halogens is 4. The van der Waals surface area contributed by atoms with E-state index in [4.69, 9.17) is 0 Å². The van der Waals surface area contributed by atoms with Crippen LogP contribution in [0.5, 0.6) is 0 Å². The standard InChI is InChI=1S/C15H11BrF3NO/c1-9(13-4-2-3-7-20-13)14(21)11-6-5-10(16)8-12(11)15(17,18)19/h2-9H,1H3. The third-order valence-electron chi connectivity index (χ3n) is 3.08. The van der Waals surface area contributed by atoms with Gasteiger partial charge in [-0.05, 0) is 37.3 Å². The highest BCUT2D eigenvalue weighted by molar-refractivity contribution is 9.10. The van der Waals surface area contributed by atoms with E-state index in [1.807, 2.05) is 0 Å². The first kappa shape index (κ1) is 15.7. The van der Waals surface area contributed by atoms with Crippen LogP contribution in [0.2, 0.25) is 0 Å². The zero-order valence-corrected chi connectivity index (χ0v) is 12.6. The van der Waals surface area contributed by atoms with Gasteiger partial charge in [0.2, 0.25) is 0 Å². The molecule has 1 aromatic heterocycles. The molecule has 1 unspecified atom stereocenters. The van der Waals surface area contributed by atoms with Gasteiger partial charge in [0.1, 0.15) is 0 Å². The number of hydrogen-bond acceptors (Lipinski definition) is 2. The van der Waals surface area contributed by atoms with Crippen molar-refractivity contribution in [3.05, 3.63) is 63.9 Å². The monoisotopic (exact) mass is 357 g/mol. The van der Waals surface area contributed by atoms with E-state index in [2.05, 4.69) is 20.9 Å². The van der Waals surface area contributed by atoms with Crippen LogP contribution in [-0.4, -0.2) is 10.8 Å². The maximum Gasteiger partial charge on any atom is 0.417 e. The van der Waals surface area contributed by atoms with Crippen molar-refractivity contribution in [3.8, 4) is 0 Å². The third kappa shape index (κ3) is 3.50. The molecule has 0 spiro atoms. The minimum absolute atomic E-state index is 0.275. The van der Waals surface area contributed by atoms with Crippen LogP contribution in [0.15, 0.2) is 47.1 Å². The van der Waals surface area contributed by atoms with Gasteiger partial charge in [-0.15, -0.1) is 0 Å². The van der Waals surface area contributed by atoms with Crippen LogP contribution >= 0.6 is 15.9 Å². The molecule has 1 heterocycles. The van der Waals surface area contributed by atoms with E-state index in [0.29, 0.717) is 5.69 Å². The molecule has 2 aromatic rings. The number of rotatable bonds is 3. The molecule has 0 amide bonds. The Bertz CT molecular complexity index is 656. The van der Waals surface area contributed by atoms with E-state index in [9.17, 15) is 18.0 Å². The van der Waals surface area contributed by atoms with Crippen LogP contribution in [0.1, 0.15) is 34.5 Å². The van der Waals surface area contributed by atoms with Crippen molar-refractivity contribution in [2.24, 2.45) is 0 Å². The number of ketones is 1. The summed E-state index contributed by atoms with van der Waals surface area (Å²) in [6.07, 6.45) is -3.08. The van der Waals surface area contributed by atoms with Gasteiger partial charge in [0.25, 0.3) is 0 Å². The Labute approximate surface area is 128 Å². The molecular weight excluding hydrogens is 347 g/mol. The Morgan fingerprint density at radius 3 is 2.52 bits per heavy atom. The lowest BCUT2D eigenvalue weighted by molar-refractivity contribution is -0.138. The zero-order chi connectivity index (χ0) is 15.6. The van der Waals surface area contributed by atoms with E-state index >= 15 is 0 Å². The maximum atomic E-state index is 13.1. The Hall–Kier alpha value is -1.69. The largest absolute Gasteiger partial charge is 0.417 e. The molecule has 1 aromatic carbocycles. The molecule has 2 rings (SSSR count). The molecule has 0 bridgehead atoms. The van der Waals surface area contributed by atoms with Crippen LogP contribution in [0, 0.1) is 0 Å². The molecule has 0 N–H and O–H groups in total. The van der Waals surface area contributed by atoms with Gasteiger partial charge in [-0.2, -0.15) is 13.2 Å². The van der Waals surface area contributed by atoms with Crippen LogP contribution in [-0.2, 0) is 6.18 Å². The second-order valence-corrected chi connectivity index (χ2v) is 5.44. The highest BCUT2D eigenvalue weighted by Crippen LogP contribution is 2.35. The summed E-state index contributed by atoms with van der Waals surface area (Å²) in [7, 11) is 0.